The van der Waals surface area contributed by atoms with E-state index < -0.39 is 11.0 Å². The van der Waals surface area contributed by atoms with Gasteiger partial charge in [-0.3, -0.25) is 15.4 Å². The predicted molar refractivity (Wildman–Crippen MR) is 70.3 cm³/mol. The molecular weight excluding hydrogens is 264 g/mol. The van der Waals surface area contributed by atoms with Crippen LogP contribution in [0.3, 0.4) is 0 Å². The van der Waals surface area contributed by atoms with Gasteiger partial charge < -0.3 is 9.15 Å². The highest BCUT2D eigenvalue weighted by Gasteiger charge is 2.16. The fourth-order valence-electron chi connectivity index (χ4n) is 1.58. The molecule has 0 aliphatic carbocycles. The number of nitro benzene ring substituents is 1. The van der Waals surface area contributed by atoms with Crippen molar-refractivity contribution in [3.63, 3.8) is 0 Å². The largest absolute Gasteiger partial charge is 0.466 e. The molecule has 0 saturated carbocycles. The van der Waals surface area contributed by atoms with Gasteiger partial charge in [0, 0.05) is 6.07 Å². The summed E-state index contributed by atoms with van der Waals surface area (Å²) in [5, 5.41) is 13.2. The van der Waals surface area contributed by atoms with Crippen LogP contribution in [0.15, 0.2) is 41.0 Å². The number of ether oxygens (including phenoxy) is 1. The second kappa shape index (κ2) is 5.87. The maximum Gasteiger partial charge on any atom is 0.412 e. The molecule has 0 radical (unpaired) electrons. The first-order chi connectivity index (χ1) is 9.56. The van der Waals surface area contributed by atoms with Crippen molar-refractivity contribution in [3.8, 4) is 0 Å². The smallest absolute Gasteiger partial charge is 0.412 e. The lowest BCUT2D eigenvalue weighted by Crippen LogP contribution is -2.14. The Labute approximate surface area is 114 Å². The lowest BCUT2D eigenvalue weighted by molar-refractivity contribution is -0.384. The van der Waals surface area contributed by atoms with Crippen LogP contribution < -0.4 is 5.32 Å². The third-order valence-corrected chi connectivity index (χ3v) is 2.51. The maximum atomic E-state index is 11.6. The van der Waals surface area contributed by atoms with E-state index in [0.29, 0.717) is 5.76 Å². The Morgan fingerprint density at radius 3 is 2.90 bits per heavy atom. The molecule has 0 unspecified atom stereocenters. The average molecular weight is 276 g/mol. The van der Waals surface area contributed by atoms with Crippen LogP contribution in [0.4, 0.5) is 16.2 Å². The summed E-state index contributed by atoms with van der Waals surface area (Å²) in [4.78, 5) is 21.9. The number of amides is 1. The zero-order valence-electron chi connectivity index (χ0n) is 10.7. The van der Waals surface area contributed by atoms with Crippen molar-refractivity contribution in [1.82, 2.24) is 0 Å². The summed E-state index contributed by atoms with van der Waals surface area (Å²) in [6.07, 6.45) is 0.676. The van der Waals surface area contributed by atoms with Crippen molar-refractivity contribution in [2.45, 2.75) is 13.5 Å². The maximum absolute atomic E-state index is 11.6. The van der Waals surface area contributed by atoms with Crippen molar-refractivity contribution in [1.29, 1.82) is 0 Å². The molecule has 0 aliphatic rings. The number of aryl methyl sites for hydroxylation is 1. The van der Waals surface area contributed by atoms with E-state index in [2.05, 4.69) is 5.32 Å². The van der Waals surface area contributed by atoms with Gasteiger partial charge in [0.25, 0.3) is 5.69 Å². The number of nitro groups is 1. The molecule has 1 amide bonds. The fourth-order valence-corrected chi connectivity index (χ4v) is 1.58. The summed E-state index contributed by atoms with van der Waals surface area (Å²) in [7, 11) is 0. The number of anilines is 1. The second-order valence-corrected chi connectivity index (χ2v) is 4.06. The molecule has 1 aromatic heterocycles. The average Bonchev–Trinajstić information content (AvgIpc) is 2.91. The number of benzene rings is 1. The minimum absolute atomic E-state index is 0.0432. The van der Waals surface area contributed by atoms with E-state index in [-0.39, 0.29) is 18.0 Å². The van der Waals surface area contributed by atoms with Crippen molar-refractivity contribution in [2.75, 3.05) is 5.32 Å². The molecule has 7 nitrogen and oxygen atoms in total. The van der Waals surface area contributed by atoms with E-state index in [0.717, 1.165) is 5.56 Å². The van der Waals surface area contributed by atoms with Gasteiger partial charge in [-0.1, -0.05) is 6.07 Å². The van der Waals surface area contributed by atoms with Gasteiger partial charge in [-0.25, -0.2) is 4.79 Å². The summed E-state index contributed by atoms with van der Waals surface area (Å²) >= 11 is 0. The number of hydrogen-bond acceptors (Lipinski definition) is 5. The van der Waals surface area contributed by atoms with Crippen LogP contribution in [0.5, 0.6) is 0 Å². The molecule has 2 rings (SSSR count). The summed E-state index contributed by atoms with van der Waals surface area (Å²) in [6.45, 7) is 1.69. The molecule has 0 saturated heterocycles. The molecule has 7 heteroatoms. The van der Waals surface area contributed by atoms with E-state index in [4.69, 9.17) is 9.15 Å². The minimum atomic E-state index is -0.784. The minimum Gasteiger partial charge on any atom is -0.466 e. The summed E-state index contributed by atoms with van der Waals surface area (Å²) in [5.41, 5.74) is 0.635. The Morgan fingerprint density at radius 1 is 1.45 bits per heavy atom. The van der Waals surface area contributed by atoms with Gasteiger partial charge in [0.1, 0.15) is 11.4 Å². The van der Waals surface area contributed by atoms with Gasteiger partial charge in [-0.05, 0) is 30.7 Å². The molecule has 0 fully saturated rings. The molecule has 0 spiro atoms. The van der Waals surface area contributed by atoms with Crippen LogP contribution in [0.25, 0.3) is 0 Å². The number of carbonyl (C=O) groups is 1. The van der Waals surface area contributed by atoms with Crippen LogP contribution in [0.2, 0.25) is 0 Å². The topological polar surface area (TPSA) is 94.6 Å². The third-order valence-electron chi connectivity index (χ3n) is 2.51. The molecule has 1 aromatic carbocycles. The van der Waals surface area contributed by atoms with Crippen molar-refractivity contribution < 1.29 is 18.9 Å². The highest BCUT2D eigenvalue weighted by molar-refractivity contribution is 5.87. The summed E-state index contributed by atoms with van der Waals surface area (Å²) < 4.78 is 9.89. The van der Waals surface area contributed by atoms with Gasteiger partial charge in [-0.15, -0.1) is 0 Å². The van der Waals surface area contributed by atoms with Gasteiger partial charge in [0.05, 0.1) is 11.2 Å². The summed E-state index contributed by atoms with van der Waals surface area (Å²) in [5.74, 6) is 0.485. The Hall–Kier alpha value is -2.83. The first kappa shape index (κ1) is 13.6. The third kappa shape index (κ3) is 3.35. The monoisotopic (exact) mass is 276 g/mol. The molecule has 0 aliphatic heterocycles. The van der Waals surface area contributed by atoms with Crippen LogP contribution in [0, 0.1) is 17.0 Å². The molecule has 1 N–H and O–H groups in total. The SMILES string of the molecule is Cc1ccc(NC(=O)OCc2ccco2)c([N+](=O)[O-])c1. The molecule has 2 aromatic rings. The molecular formula is C13H12N2O5. The first-order valence-electron chi connectivity index (χ1n) is 5.77. The van der Waals surface area contributed by atoms with Gasteiger partial charge in [0.2, 0.25) is 0 Å². The highest BCUT2D eigenvalue weighted by Crippen LogP contribution is 2.25. The van der Waals surface area contributed by atoms with Gasteiger partial charge in [-0.2, -0.15) is 0 Å². The fraction of sp³-hybridized carbons (Fsp3) is 0.154. The molecule has 1 heterocycles. The number of hydrogen-bond donors (Lipinski definition) is 1. The predicted octanol–water partition coefficient (Wildman–Crippen LogP) is 3.24. The van der Waals surface area contributed by atoms with Crippen molar-refractivity contribution in [3.05, 3.63) is 58.0 Å². The van der Waals surface area contributed by atoms with Crippen LogP contribution in [0.1, 0.15) is 11.3 Å². The second-order valence-electron chi connectivity index (χ2n) is 4.06. The number of carbonyl (C=O) groups excluding carboxylic acids is 1. The van der Waals surface area contributed by atoms with Gasteiger partial charge in [0.15, 0.2) is 6.61 Å². The number of nitrogens with one attached hydrogen (secondary N) is 1. The highest BCUT2D eigenvalue weighted by atomic mass is 16.6. The quantitative estimate of drug-likeness (QED) is 0.683. The zero-order valence-corrected chi connectivity index (χ0v) is 10.7. The van der Waals surface area contributed by atoms with Crippen molar-refractivity contribution in [2.24, 2.45) is 0 Å². The van der Waals surface area contributed by atoms with E-state index >= 15 is 0 Å². The Bertz CT molecular complexity index is 622. The lowest BCUT2D eigenvalue weighted by Gasteiger charge is -2.07. The number of furan rings is 1. The van der Waals surface area contributed by atoms with E-state index in [1.807, 2.05) is 0 Å². The number of rotatable bonds is 4. The van der Waals surface area contributed by atoms with E-state index in [9.17, 15) is 14.9 Å². The lowest BCUT2D eigenvalue weighted by atomic mass is 10.2. The normalized spacial score (nSPS) is 10.1. The first-order valence-corrected chi connectivity index (χ1v) is 5.77. The Morgan fingerprint density at radius 2 is 2.25 bits per heavy atom. The van der Waals surface area contributed by atoms with Crippen molar-refractivity contribution >= 4 is 17.5 Å². The standard InChI is InChI=1S/C13H12N2O5/c1-9-4-5-11(12(7-9)15(17)18)14-13(16)20-8-10-3-2-6-19-10/h2-7H,8H2,1H3,(H,14,16). The summed E-state index contributed by atoms with van der Waals surface area (Å²) in [6, 6.07) is 7.82. The Balaban J connectivity index is 2.02. The molecule has 20 heavy (non-hydrogen) atoms. The zero-order chi connectivity index (χ0) is 14.5. The molecule has 0 atom stereocenters. The molecule has 104 valence electrons. The van der Waals surface area contributed by atoms with Crippen LogP contribution in [-0.4, -0.2) is 11.0 Å². The Kier molecular flexibility index (Phi) is 3.99. The number of nitrogens with zero attached hydrogens (tertiary/aromatic N) is 1. The molecule has 0 bridgehead atoms. The van der Waals surface area contributed by atoms with E-state index in [1.165, 1.54) is 18.4 Å². The van der Waals surface area contributed by atoms with Crippen LogP contribution in [-0.2, 0) is 11.3 Å². The van der Waals surface area contributed by atoms with Crippen LogP contribution >= 0.6 is 0 Å². The van der Waals surface area contributed by atoms with Gasteiger partial charge >= 0.3 is 6.09 Å². The van der Waals surface area contributed by atoms with E-state index in [1.54, 1.807) is 25.1 Å².